The van der Waals surface area contributed by atoms with Crippen molar-refractivity contribution < 1.29 is 86.8 Å². The lowest BCUT2D eigenvalue weighted by molar-refractivity contribution is -0.192. The van der Waals surface area contributed by atoms with Gasteiger partial charge < -0.3 is 49.6 Å². The van der Waals surface area contributed by atoms with E-state index in [0.717, 1.165) is 6.42 Å². The van der Waals surface area contributed by atoms with Crippen molar-refractivity contribution in [1.29, 1.82) is 0 Å². The number of ether oxygens (including phenoxy) is 5. The van der Waals surface area contributed by atoms with Gasteiger partial charge >= 0.3 is 18.2 Å². The van der Waals surface area contributed by atoms with Gasteiger partial charge in [0.15, 0.2) is 23.0 Å². The number of carboxylic acid groups (broad SMARTS) is 1. The Hall–Kier alpha value is -6.81. The van der Waals surface area contributed by atoms with Crippen LogP contribution >= 0.6 is 0 Å². The van der Waals surface area contributed by atoms with Crippen LogP contribution in [0.25, 0.3) is 0 Å². The molecule has 27 heteroatoms. The lowest BCUT2D eigenvalue weighted by Gasteiger charge is -2.28. The Labute approximate surface area is 462 Å². The molecule has 0 aromatic heterocycles. The average Bonchev–Trinajstić information content (AvgIpc) is 4.08. The van der Waals surface area contributed by atoms with E-state index in [-0.39, 0.29) is 84.0 Å². The molecule has 6 N–H and O–H groups in total. The normalized spacial score (nSPS) is 16.2. The molecule has 6 rings (SSSR count). The fraction of sp³-hybridized carbons (Fsp3) is 0.472. The van der Waals surface area contributed by atoms with Crippen LogP contribution in [0, 0.1) is 11.6 Å². The van der Waals surface area contributed by atoms with E-state index in [1.807, 2.05) is 0 Å². The molecule has 0 bridgehead atoms. The molecule has 2 heterocycles. The van der Waals surface area contributed by atoms with Gasteiger partial charge in [-0.2, -0.15) is 13.2 Å². The number of halogens is 5. The minimum Gasteiger partial charge on any atom is -0.493 e. The first-order valence-electron chi connectivity index (χ1n) is 25.1. The van der Waals surface area contributed by atoms with Crippen molar-refractivity contribution in [2.75, 3.05) is 54.6 Å². The highest BCUT2D eigenvalue weighted by molar-refractivity contribution is 7.89. The van der Waals surface area contributed by atoms with E-state index < -0.39 is 61.8 Å². The Morgan fingerprint density at radius 3 is 1.44 bits per heavy atom. The highest BCUT2D eigenvalue weighted by Crippen LogP contribution is 2.31. The second kappa shape index (κ2) is 29.6. The molecular formula is C53H69F5N6O14S2. The van der Waals surface area contributed by atoms with Crippen molar-refractivity contribution >= 4 is 43.9 Å². The van der Waals surface area contributed by atoms with Gasteiger partial charge in [-0.15, -0.1) is 0 Å². The SMILES string of the molecule is COc1ccc(S(=O)(=O)NC[C@@H]2CCCN2C(=O)C[C@@H](Cc2ccccc2F)NC(=O)OC(C)(C)C)cc1OC.COc1ccc(S(=O)(=O)NC[C@@H]2CCCN2C(=O)C[C@H](N)Cc2ccccc2F)cc1OC.O=C(O)C(F)(F)F. The predicted octanol–water partition coefficient (Wildman–Crippen LogP) is 6.34. The van der Waals surface area contributed by atoms with Crippen molar-refractivity contribution in [2.24, 2.45) is 5.73 Å². The van der Waals surface area contributed by atoms with Crippen LogP contribution in [-0.2, 0) is 52.0 Å². The second-order valence-corrected chi connectivity index (χ2v) is 22.9. The summed E-state index contributed by atoms with van der Waals surface area (Å²) in [4.78, 5) is 50.9. The summed E-state index contributed by atoms with van der Waals surface area (Å²) in [5.41, 5.74) is 6.19. The van der Waals surface area contributed by atoms with E-state index in [1.54, 1.807) is 67.0 Å². The first kappa shape index (κ1) is 65.7. The number of nitrogens with two attached hydrogens (primary N) is 1. The standard InChI is InChI=1S/C28H38FN3O7S.C23H30FN3O5S.C2HF3O2/c1-28(2,3)39-27(34)31-20(15-19-9-6-7-11-23(19)29)16-26(33)32-14-8-10-21(32)18-30-40(35,36)22-12-13-24(37-4)25(17-22)38-5;1-31-21-10-9-19(14-22(21)32-2)33(29,30)26-15-18-7-5-11-27(18)23(28)13-17(25)12-16-6-3-4-8-20(16)24;3-2(4,5)1(6)7/h6-7,9,11-13,17,20-21,30H,8,10,14-16,18H2,1-5H3,(H,31,34);3-4,6,8-10,14,17-18,26H,5,7,11-13,15,25H2,1-2H3;(H,6,7)/t20-,21+;17-,18+;/m11./s1. The Morgan fingerprint density at radius 2 is 1.05 bits per heavy atom. The number of rotatable bonds is 21. The topological polar surface area (TPSA) is 272 Å². The molecule has 0 saturated carbocycles. The molecule has 2 fully saturated rings. The maximum Gasteiger partial charge on any atom is 0.490 e. The quantitative estimate of drug-likeness (QED) is 0.0570. The maximum absolute atomic E-state index is 14.4. The second-order valence-electron chi connectivity index (χ2n) is 19.4. The largest absolute Gasteiger partial charge is 0.493 e. The van der Waals surface area contributed by atoms with Gasteiger partial charge in [-0.05, 0) is 107 Å². The minimum atomic E-state index is -5.08. The van der Waals surface area contributed by atoms with Crippen molar-refractivity contribution in [3.05, 3.63) is 108 Å². The Bertz CT molecular complexity index is 2970. The first-order chi connectivity index (χ1) is 37.5. The van der Waals surface area contributed by atoms with E-state index in [9.17, 15) is 53.2 Å². The number of alkyl carbamates (subject to hydrolysis) is 1. The van der Waals surface area contributed by atoms with Gasteiger partial charge in [0.1, 0.15) is 17.2 Å². The van der Waals surface area contributed by atoms with Crippen LogP contribution in [0.2, 0.25) is 0 Å². The lowest BCUT2D eigenvalue weighted by atomic mass is 10.0. The molecule has 3 amide bonds. The van der Waals surface area contributed by atoms with Crippen LogP contribution in [0.4, 0.5) is 26.7 Å². The predicted molar refractivity (Wildman–Crippen MR) is 283 cm³/mol. The number of methoxy groups -OCH3 is 4. The number of carboxylic acids is 1. The van der Waals surface area contributed by atoms with E-state index in [2.05, 4.69) is 14.8 Å². The number of hydrogen-bond acceptors (Lipinski definition) is 14. The monoisotopic (exact) mass is 1170 g/mol. The smallest absolute Gasteiger partial charge is 0.490 e. The van der Waals surface area contributed by atoms with E-state index in [1.165, 1.54) is 77.0 Å². The van der Waals surface area contributed by atoms with Crippen LogP contribution in [-0.4, -0.2) is 146 Å². The van der Waals surface area contributed by atoms with Crippen LogP contribution in [0.5, 0.6) is 23.0 Å². The molecular weight excluding hydrogens is 1100 g/mol. The van der Waals surface area contributed by atoms with Crippen LogP contribution in [0.1, 0.15) is 70.4 Å². The van der Waals surface area contributed by atoms with Gasteiger partial charge in [-0.3, -0.25) is 9.59 Å². The van der Waals surface area contributed by atoms with Gasteiger partial charge in [0.25, 0.3) is 0 Å². The molecule has 0 radical (unpaired) electrons. The van der Waals surface area contributed by atoms with E-state index in [4.69, 9.17) is 39.3 Å². The summed E-state index contributed by atoms with van der Waals surface area (Å²) in [6, 6.07) is 19.3. The third-order valence-electron chi connectivity index (χ3n) is 12.4. The summed E-state index contributed by atoms with van der Waals surface area (Å²) >= 11 is 0. The third kappa shape index (κ3) is 20.1. The summed E-state index contributed by atoms with van der Waals surface area (Å²) in [6.45, 7) is 6.25. The van der Waals surface area contributed by atoms with Crippen LogP contribution in [0.3, 0.4) is 0 Å². The molecule has 2 aliphatic heterocycles. The van der Waals surface area contributed by atoms with Gasteiger partial charge in [0.05, 0.1) is 38.2 Å². The summed E-state index contributed by atoms with van der Waals surface area (Å²) in [5, 5.41) is 9.83. The number of hydrogen-bond donors (Lipinski definition) is 5. The summed E-state index contributed by atoms with van der Waals surface area (Å²) in [7, 11) is -1.93. The number of carbonyl (C=O) groups is 4. The number of nitrogens with one attached hydrogen (secondary N) is 3. The number of alkyl halides is 3. The number of carbonyl (C=O) groups excluding carboxylic acids is 3. The molecule has 4 atom stereocenters. The molecule has 80 heavy (non-hydrogen) atoms. The highest BCUT2D eigenvalue weighted by Gasteiger charge is 2.38. The van der Waals surface area contributed by atoms with Crippen molar-refractivity contribution in [3.63, 3.8) is 0 Å². The number of amides is 3. The number of sulfonamides is 2. The Morgan fingerprint density at radius 1 is 0.650 bits per heavy atom. The van der Waals surface area contributed by atoms with Crippen molar-refractivity contribution in [1.82, 2.24) is 24.6 Å². The number of benzene rings is 4. The molecule has 442 valence electrons. The van der Waals surface area contributed by atoms with Crippen molar-refractivity contribution in [2.45, 2.75) is 118 Å². The van der Waals surface area contributed by atoms with Crippen LogP contribution < -0.4 is 39.4 Å². The average molecular weight is 1170 g/mol. The van der Waals surface area contributed by atoms with E-state index in [0.29, 0.717) is 60.7 Å². The Balaban J connectivity index is 0.000000312. The molecule has 0 aliphatic carbocycles. The maximum atomic E-state index is 14.4. The molecule has 2 saturated heterocycles. The highest BCUT2D eigenvalue weighted by atomic mass is 32.2. The summed E-state index contributed by atoms with van der Waals surface area (Å²) in [5.74, 6) is -2.55. The molecule has 20 nitrogen and oxygen atoms in total. The molecule has 4 aromatic rings. The molecule has 2 aliphatic rings. The summed E-state index contributed by atoms with van der Waals surface area (Å²) < 4.78 is 143. The first-order valence-corrected chi connectivity index (χ1v) is 28.0. The zero-order valence-corrected chi connectivity index (χ0v) is 46.9. The van der Waals surface area contributed by atoms with Crippen molar-refractivity contribution in [3.8, 4) is 23.0 Å². The number of likely N-dealkylation sites (tertiary alicyclic amines) is 2. The van der Waals surface area contributed by atoms with Gasteiger partial charge in [0.2, 0.25) is 31.9 Å². The Kier molecular flexibility index (Phi) is 24.3. The van der Waals surface area contributed by atoms with Gasteiger partial charge in [0, 0.05) is 75.3 Å². The van der Waals surface area contributed by atoms with Crippen LogP contribution in [0.15, 0.2) is 94.7 Å². The van der Waals surface area contributed by atoms with Gasteiger partial charge in [-0.25, -0.2) is 44.6 Å². The third-order valence-corrected chi connectivity index (χ3v) is 15.3. The minimum absolute atomic E-state index is 0.00698. The fourth-order valence-electron chi connectivity index (χ4n) is 8.56. The number of aliphatic carboxylic acids is 1. The molecule has 0 spiro atoms. The van der Waals surface area contributed by atoms with Gasteiger partial charge in [-0.1, -0.05) is 36.4 Å². The zero-order valence-electron chi connectivity index (χ0n) is 45.3. The zero-order chi connectivity index (χ0) is 59.6. The molecule has 0 unspecified atom stereocenters. The lowest BCUT2D eigenvalue weighted by Crippen LogP contribution is -2.47. The molecule has 4 aromatic carbocycles. The number of nitrogens with zero attached hydrogens (tertiary/aromatic N) is 2. The summed E-state index contributed by atoms with van der Waals surface area (Å²) in [6.07, 6.45) is -2.73. The fourth-order valence-corrected chi connectivity index (χ4v) is 10.7. The van der Waals surface area contributed by atoms with E-state index >= 15 is 0 Å².